The summed E-state index contributed by atoms with van der Waals surface area (Å²) in [7, 11) is -2.19. The van der Waals surface area contributed by atoms with Gasteiger partial charge in [-0.1, -0.05) is 123 Å². The van der Waals surface area contributed by atoms with E-state index in [9.17, 15) is 0 Å². The summed E-state index contributed by atoms with van der Waals surface area (Å²) in [6, 6.07) is 28.4. The molecule has 0 bridgehead atoms. The number of allylic oxidation sites excluding steroid dienone is 2. The van der Waals surface area contributed by atoms with E-state index in [-0.39, 0.29) is 0 Å². The molecule has 0 amide bonds. The van der Waals surface area contributed by atoms with Crippen LogP contribution in [-0.2, 0) is 12.8 Å². The van der Waals surface area contributed by atoms with E-state index in [2.05, 4.69) is 108 Å². The van der Waals surface area contributed by atoms with E-state index in [4.69, 9.17) is 0 Å². The quantitative estimate of drug-likeness (QED) is 0.0312. The molecule has 0 spiro atoms. The first-order valence-corrected chi connectivity index (χ1v) is 25.9. The minimum absolute atomic E-state index is 1.14. The summed E-state index contributed by atoms with van der Waals surface area (Å²) < 4.78 is 4.23. The van der Waals surface area contributed by atoms with Crippen molar-refractivity contribution in [2.75, 3.05) is 0 Å². The van der Waals surface area contributed by atoms with Gasteiger partial charge in [0.05, 0.1) is 0 Å². The van der Waals surface area contributed by atoms with Crippen LogP contribution in [-0.4, -0.2) is 8.07 Å². The number of thiophene rings is 4. The predicted octanol–water partition coefficient (Wildman–Crippen LogP) is 14.8. The van der Waals surface area contributed by atoms with Gasteiger partial charge in [0.15, 0.2) is 8.07 Å². The molecule has 0 atom stereocenters. The molecule has 0 N–H and O–H groups in total. The van der Waals surface area contributed by atoms with E-state index < -0.39 is 8.07 Å². The Morgan fingerprint density at radius 1 is 0.471 bits per heavy atom. The van der Waals surface area contributed by atoms with Crippen molar-refractivity contribution in [2.24, 2.45) is 0 Å². The molecule has 0 fully saturated rings. The Balaban J connectivity index is 1.21. The molecule has 5 rings (SSSR count). The number of rotatable bonds is 25. The van der Waals surface area contributed by atoms with E-state index in [1.54, 1.807) is 9.00 Å². The number of hydrogen-bond donors (Lipinski definition) is 0. The smallest absolute Gasteiger partial charge is 0.143 e. The maximum Gasteiger partial charge on any atom is 0.169 e. The molecule has 4 aromatic heterocycles. The van der Waals surface area contributed by atoms with Crippen LogP contribution in [0.3, 0.4) is 0 Å². The normalized spacial score (nSPS) is 11.7. The summed E-state index contributed by atoms with van der Waals surface area (Å²) in [6.45, 7) is 10.2. The second-order valence-corrected chi connectivity index (χ2v) is 24.1. The molecule has 6 heteroatoms. The zero-order valence-electron chi connectivity index (χ0n) is 30.7. The van der Waals surface area contributed by atoms with Crippen molar-refractivity contribution in [3.05, 3.63) is 112 Å². The van der Waals surface area contributed by atoms with E-state index in [0.717, 1.165) is 4.47 Å². The predicted molar refractivity (Wildman–Crippen MR) is 242 cm³/mol. The Hall–Kier alpha value is -1.80. The van der Waals surface area contributed by atoms with Gasteiger partial charge in [0, 0.05) is 42.7 Å². The molecular weight excluding hydrogens is 777 g/mol. The molecule has 0 saturated carbocycles. The molecular formula is C45H57BrS4Si. The summed E-state index contributed by atoms with van der Waals surface area (Å²) in [5.74, 6) is 0. The topological polar surface area (TPSA) is 0 Å². The van der Waals surface area contributed by atoms with Crippen molar-refractivity contribution in [1.82, 2.24) is 0 Å². The number of unbranched alkanes of at least 4 members (excludes halogenated alkanes) is 14. The third-order valence-corrected chi connectivity index (χ3v) is 22.0. The van der Waals surface area contributed by atoms with Crippen LogP contribution in [0.15, 0.2) is 103 Å². The third-order valence-electron chi connectivity index (χ3n) is 10.1. The monoisotopic (exact) mass is 832 g/mol. The van der Waals surface area contributed by atoms with E-state index in [1.165, 1.54) is 150 Å². The van der Waals surface area contributed by atoms with Gasteiger partial charge < -0.3 is 0 Å². The summed E-state index contributed by atoms with van der Waals surface area (Å²) in [5.41, 5.74) is 0. The Bertz CT molecular complexity index is 1630. The number of halogens is 1. The zero-order chi connectivity index (χ0) is 35.7. The van der Waals surface area contributed by atoms with Gasteiger partial charge in [0.25, 0.3) is 0 Å². The van der Waals surface area contributed by atoms with Crippen molar-refractivity contribution < 1.29 is 0 Å². The van der Waals surface area contributed by atoms with Gasteiger partial charge in [-0.3, -0.25) is 0 Å². The van der Waals surface area contributed by atoms with Gasteiger partial charge in [-0.15, -0.1) is 58.5 Å². The van der Waals surface area contributed by atoms with Crippen molar-refractivity contribution in [2.45, 2.75) is 122 Å². The average Bonchev–Trinajstić information content (AvgIpc) is 3.98. The van der Waals surface area contributed by atoms with Crippen molar-refractivity contribution in [3.63, 3.8) is 0 Å². The zero-order valence-corrected chi connectivity index (χ0v) is 36.6. The average molecular weight is 834 g/mol. The fraction of sp³-hybridized carbons (Fsp3) is 0.422. The van der Waals surface area contributed by atoms with Crippen LogP contribution >= 0.6 is 61.3 Å². The highest BCUT2D eigenvalue weighted by molar-refractivity contribution is 9.10. The van der Waals surface area contributed by atoms with Crippen LogP contribution in [0.4, 0.5) is 0 Å². The van der Waals surface area contributed by atoms with E-state index >= 15 is 0 Å². The van der Waals surface area contributed by atoms with Crippen LogP contribution in [0.25, 0.3) is 19.5 Å². The summed E-state index contributed by atoms with van der Waals surface area (Å²) in [4.78, 5) is 8.76. The van der Waals surface area contributed by atoms with Crippen LogP contribution in [0.1, 0.15) is 112 Å². The van der Waals surface area contributed by atoms with Gasteiger partial charge >= 0.3 is 0 Å². The molecule has 1 aromatic carbocycles. The standard InChI is InChI=1S/C45H57BrS4Si/c1-4-6-8-10-12-14-16-18-20-22-37-26-30-40(47-37)42-32-34-44(49-42)51(3,39-28-24-36(46)25-29-39)45-35-33-43(50-45)41-31-27-38(48-41)23-21-19-17-15-13-11-9-7-5-2/h4-5,24-35H,1-2,6-23H2,3H3. The molecule has 0 unspecified atom stereocenters. The highest BCUT2D eigenvalue weighted by Gasteiger charge is 2.37. The molecule has 51 heavy (non-hydrogen) atoms. The number of aryl methyl sites for hydroxylation is 2. The van der Waals surface area contributed by atoms with Crippen molar-refractivity contribution >= 4 is 83.5 Å². The van der Waals surface area contributed by atoms with Crippen molar-refractivity contribution in [3.8, 4) is 19.5 Å². The third kappa shape index (κ3) is 12.1. The highest BCUT2D eigenvalue weighted by Crippen LogP contribution is 2.35. The fourth-order valence-electron chi connectivity index (χ4n) is 6.90. The maximum atomic E-state index is 3.84. The molecule has 272 valence electrons. The molecule has 4 heterocycles. The van der Waals surface area contributed by atoms with Crippen LogP contribution in [0.5, 0.6) is 0 Å². The molecule has 0 radical (unpaired) electrons. The van der Waals surface area contributed by atoms with Crippen LogP contribution in [0, 0.1) is 0 Å². The lowest BCUT2D eigenvalue weighted by molar-refractivity contribution is 0.582. The molecule has 0 aliphatic carbocycles. The fourth-order valence-corrected chi connectivity index (χ4v) is 17.3. The minimum atomic E-state index is -2.19. The molecule has 0 nitrogen and oxygen atoms in total. The molecule has 5 aromatic rings. The van der Waals surface area contributed by atoms with Crippen LogP contribution in [0.2, 0.25) is 6.55 Å². The minimum Gasteiger partial charge on any atom is -0.143 e. The number of benzene rings is 1. The van der Waals surface area contributed by atoms with Crippen molar-refractivity contribution in [1.29, 1.82) is 0 Å². The van der Waals surface area contributed by atoms with Gasteiger partial charge in [0.2, 0.25) is 0 Å². The van der Waals surface area contributed by atoms with Gasteiger partial charge in [0.1, 0.15) is 0 Å². The Kier molecular flexibility index (Phi) is 17.3. The maximum absolute atomic E-state index is 3.84. The SMILES string of the molecule is C=CCCCCCCCCCc1ccc(-c2ccc([Si](C)(c3ccc(Br)cc3)c3ccc(-c4ccc(CCCCCCCCCC=C)s4)s3)s2)s1. The van der Waals surface area contributed by atoms with Gasteiger partial charge in [-0.05, 0) is 105 Å². The lowest BCUT2D eigenvalue weighted by atomic mass is 10.1. The summed E-state index contributed by atoms with van der Waals surface area (Å²) in [6.07, 6.45) is 27.7. The van der Waals surface area contributed by atoms with Gasteiger partial charge in [-0.25, -0.2) is 0 Å². The lowest BCUT2D eigenvalue weighted by Gasteiger charge is -2.26. The largest absolute Gasteiger partial charge is 0.169 e. The second-order valence-electron chi connectivity index (χ2n) is 14.1. The summed E-state index contributed by atoms with van der Waals surface area (Å²) in [5, 5.41) is 1.48. The first-order chi connectivity index (χ1) is 25.0. The number of hydrogen-bond acceptors (Lipinski definition) is 4. The summed E-state index contributed by atoms with van der Waals surface area (Å²) >= 11 is 11.8. The highest BCUT2D eigenvalue weighted by atomic mass is 79.9. The first-order valence-electron chi connectivity index (χ1n) is 19.4. The molecule has 0 saturated heterocycles. The van der Waals surface area contributed by atoms with Crippen LogP contribution < -0.4 is 14.2 Å². The first kappa shape index (κ1) is 40.4. The van der Waals surface area contributed by atoms with Gasteiger partial charge in [-0.2, -0.15) is 0 Å². The Morgan fingerprint density at radius 3 is 1.27 bits per heavy atom. The second kappa shape index (κ2) is 21.8. The Labute approximate surface area is 334 Å². The van der Waals surface area contributed by atoms with E-state index in [0.29, 0.717) is 0 Å². The van der Waals surface area contributed by atoms with E-state index in [1.807, 2.05) is 57.5 Å². The molecule has 0 aliphatic rings. The molecule has 0 aliphatic heterocycles. The Morgan fingerprint density at radius 2 is 0.843 bits per heavy atom. The lowest BCUT2D eigenvalue weighted by Crippen LogP contribution is -2.62.